The third kappa shape index (κ3) is 3.61. The number of pyridine rings is 2. The summed E-state index contributed by atoms with van der Waals surface area (Å²) < 4.78 is 3.76. The highest BCUT2D eigenvalue weighted by atomic mass is 15.2. The SMILES string of the molecule is Cc1ccnc(Nc2nc(Nc3ccn4ccnc4c3)cc(-n3ccnc3)n2)c1. The minimum atomic E-state index is 0.429. The maximum Gasteiger partial charge on any atom is 0.232 e. The van der Waals surface area contributed by atoms with Gasteiger partial charge in [-0.25, -0.2) is 15.0 Å². The van der Waals surface area contributed by atoms with Crippen LogP contribution in [0, 0.1) is 6.92 Å². The van der Waals surface area contributed by atoms with Crippen LogP contribution in [0.3, 0.4) is 0 Å². The lowest BCUT2D eigenvalue weighted by Crippen LogP contribution is -2.06. The largest absolute Gasteiger partial charge is 0.340 e. The molecule has 0 aromatic carbocycles. The van der Waals surface area contributed by atoms with E-state index in [1.165, 1.54) is 0 Å². The van der Waals surface area contributed by atoms with Gasteiger partial charge in [0.2, 0.25) is 5.95 Å². The zero-order chi connectivity index (χ0) is 19.6. The van der Waals surface area contributed by atoms with Crippen molar-refractivity contribution in [1.82, 2.24) is 33.9 Å². The van der Waals surface area contributed by atoms with Gasteiger partial charge in [0.15, 0.2) is 0 Å². The van der Waals surface area contributed by atoms with Crippen molar-refractivity contribution < 1.29 is 0 Å². The van der Waals surface area contributed by atoms with Crippen LogP contribution in [0.15, 0.2) is 73.8 Å². The van der Waals surface area contributed by atoms with Crippen LogP contribution in [0.5, 0.6) is 0 Å². The number of fused-ring (bicyclic) bond motifs is 1. The Kier molecular flexibility index (Phi) is 4.10. The first kappa shape index (κ1) is 16.9. The number of nitrogens with one attached hydrogen (secondary N) is 2. The molecule has 0 saturated heterocycles. The number of nitrogens with zero attached hydrogens (tertiary/aromatic N) is 7. The average molecular weight is 383 g/mol. The van der Waals surface area contributed by atoms with E-state index in [1.807, 2.05) is 64.8 Å². The molecular formula is C20H17N9. The Labute approximate surface area is 166 Å². The molecule has 0 fully saturated rings. The number of imidazole rings is 2. The molecule has 0 radical (unpaired) electrons. The third-order valence-electron chi connectivity index (χ3n) is 4.31. The van der Waals surface area contributed by atoms with Gasteiger partial charge in [0, 0.05) is 55.0 Å². The van der Waals surface area contributed by atoms with Crippen LogP contribution in [0.1, 0.15) is 5.56 Å². The van der Waals surface area contributed by atoms with Gasteiger partial charge in [0.25, 0.3) is 0 Å². The van der Waals surface area contributed by atoms with Gasteiger partial charge in [-0.1, -0.05) is 0 Å². The Bertz CT molecular complexity index is 1270. The fourth-order valence-electron chi connectivity index (χ4n) is 2.94. The predicted molar refractivity (Wildman–Crippen MR) is 110 cm³/mol. The van der Waals surface area contributed by atoms with E-state index in [2.05, 4.69) is 35.6 Å². The first-order valence-electron chi connectivity index (χ1n) is 9.00. The van der Waals surface area contributed by atoms with E-state index in [0.717, 1.165) is 16.9 Å². The van der Waals surface area contributed by atoms with Crippen molar-refractivity contribution in [1.29, 1.82) is 0 Å². The summed E-state index contributed by atoms with van der Waals surface area (Å²) >= 11 is 0. The van der Waals surface area contributed by atoms with Gasteiger partial charge in [-0.2, -0.15) is 9.97 Å². The van der Waals surface area contributed by atoms with Crippen LogP contribution >= 0.6 is 0 Å². The molecule has 5 heterocycles. The van der Waals surface area contributed by atoms with E-state index in [4.69, 9.17) is 0 Å². The highest BCUT2D eigenvalue weighted by Gasteiger charge is 2.09. The van der Waals surface area contributed by atoms with Gasteiger partial charge in [-0.3, -0.25) is 4.57 Å². The van der Waals surface area contributed by atoms with Crippen molar-refractivity contribution in [2.24, 2.45) is 0 Å². The maximum absolute atomic E-state index is 4.60. The molecule has 2 N–H and O–H groups in total. The minimum Gasteiger partial charge on any atom is -0.340 e. The number of aryl methyl sites for hydroxylation is 1. The predicted octanol–water partition coefficient (Wildman–Crippen LogP) is 3.50. The maximum atomic E-state index is 4.60. The molecule has 142 valence electrons. The molecule has 9 heteroatoms. The Morgan fingerprint density at radius 1 is 0.828 bits per heavy atom. The molecular weight excluding hydrogens is 366 g/mol. The van der Waals surface area contributed by atoms with Crippen molar-refractivity contribution in [3.05, 3.63) is 79.4 Å². The molecule has 0 unspecified atom stereocenters. The molecule has 0 spiro atoms. The van der Waals surface area contributed by atoms with E-state index < -0.39 is 0 Å². The van der Waals surface area contributed by atoms with Gasteiger partial charge < -0.3 is 15.0 Å². The minimum absolute atomic E-state index is 0.429. The number of anilines is 4. The second-order valence-electron chi connectivity index (χ2n) is 6.48. The number of rotatable bonds is 5. The van der Waals surface area contributed by atoms with Crippen molar-refractivity contribution in [2.75, 3.05) is 10.6 Å². The summed E-state index contributed by atoms with van der Waals surface area (Å²) in [5, 5.41) is 6.50. The molecule has 0 aliphatic carbocycles. The fraction of sp³-hybridized carbons (Fsp3) is 0.0500. The number of hydrogen-bond acceptors (Lipinski definition) is 7. The molecule has 0 saturated carbocycles. The molecule has 5 aromatic rings. The van der Waals surface area contributed by atoms with E-state index >= 15 is 0 Å². The van der Waals surface area contributed by atoms with Crippen LogP contribution in [0.2, 0.25) is 0 Å². The van der Waals surface area contributed by atoms with E-state index in [9.17, 15) is 0 Å². The third-order valence-corrected chi connectivity index (χ3v) is 4.31. The highest BCUT2D eigenvalue weighted by molar-refractivity contribution is 5.64. The van der Waals surface area contributed by atoms with Crippen molar-refractivity contribution >= 4 is 28.9 Å². The Morgan fingerprint density at radius 2 is 1.79 bits per heavy atom. The lowest BCUT2D eigenvalue weighted by Gasteiger charge is -2.12. The van der Waals surface area contributed by atoms with Gasteiger partial charge in [-0.05, 0) is 30.7 Å². The lowest BCUT2D eigenvalue weighted by molar-refractivity contribution is 0.975. The van der Waals surface area contributed by atoms with Crippen molar-refractivity contribution in [3.8, 4) is 5.82 Å². The Balaban J connectivity index is 1.52. The number of aromatic nitrogens is 7. The van der Waals surface area contributed by atoms with Crippen LogP contribution in [0.25, 0.3) is 11.5 Å². The van der Waals surface area contributed by atoms with Crippen molar-refractivity contribution in [2.45, 2.75) is 6.92 Å². The molecule has 29 heavy (non-hydrogen) atoms. The van der Waals surface area contributed by atoms with E-state index in [-0.39, 0.29) is 0 Å². The molecule has 9 nitrogen and oxygen atoms in total. The molecule has 0 aliphatic rings. The topological polar surface area (TPSA) is 97.8 Å². The summed E-state index contributed by atoms with van der Waals surface area (Å²) in [6.07, 6.45) is 12.6. The monoisotopic (exact) mass is 383 g/mol. The van der Waals surface area contributed by atoms with Gasteiger partial charge in [-0.15, -0.1) is 0 Å². The summed E-state index contributed by atoms with van der Waals surface area (Å²) in [6.45, 7) is 2.01. The molecule has 5 aromatic heterocycles. The standard InChI is InChI=1S/C20H17N9/c1-14-2-4-22-16(10-14)25-20-26-17(12-19(27-20)29-8-5-21-13-29)24-15-3-7-28-9-6-23-18(28)11-15/h2-13H,1H3,(H2,22,24,25,26,27). The molecule has 0 bridgehead atoms. The first-order chi connectivity index (χ1) is 14.2. The van der Waals surface area contributed by atoms with E-state index in [1.54, 1.807) is 24.9 Å². The summed E-state index contributed by atoms with van der Waals surface area (Å²) in [7, 11) is 0. The summed E-state index contributed by atoms with van der Waals surface area (Å²) in [5.41, 5.74) is 2.82. The normalized spacial score (nSPS) is 10.9. The van der Waals surface area contributed by atoms with Crippen LogP contribution in [0.4, 0.5) is 23.3 Å². The summed E-state index contributed by atoms with van der Waals surface area (Å²) in [4.78, 5) is 21.9. The summed E-state index contributed by atoms with van der Waals surface area (Å²) in [6, 6.07) is 9.64. The Hall–Kier alpha value is -4.27. The van der Waals surface area contributed by atoms with E-state index in [0.29, 0.717) is 23.4 Å². The molecule has 0 aliphatic heterocycles. The fourth-order valence-corrected chi connectivity index (χ4v) is 2.94. The molecule has 5 rings (SSSR count). The average Bonchev–Trinajstić information content (AvgIpc) is 3.39. The van der Waals surface area contributed by atoms with Gasteiger partial charge in [0.05, 0.1) is 0 Å². The quantitative estimate of drug-likeness (QED) is 0.479. The second kappa shape index (κ2) is 7.04. The number of hydrogen-bond donors (Lipinski definition) is 2. The first-order valence-corrected chi connectivity index (χ1v) is 9.00. The molecule has 0 amide bonds. The zero-order valence-electron chi connectivity index (χ0n) is 15.6. The highest BCUT2D eigenvalue weighted by Crippen LogP contribution is 2.21. The van der Waals surface area contributed by atoms with Gasteiger partial charge >= 0.3 is 0 Å². The Morgan fingerprint density at radius 3 is 2.66 bits per heavy atom. The van der Waals surface area contributed by atoms with Crippen LogP contribution in [-0.4, -0.2) is 33.9 Å². The zero-order valence-corrected chi connectivity index (χ0v) is 15.6. The van der Waals surface area contributed by atoms with Crippen molar-refractivity contribution in [3.63, 3.8) is 0 Å². The van der Waals surface area contributed by atoms with Gasteiger partial charge in [0.1, 0.15) is 29.4 Å². The summed E-state index contributed by atoms with van der Waals surface area (Å²) in [5.74, 6) is 2.42. The second-order valence-corrected chi connectivity index (χ2v) is 6.48. The van der Waals surface area contributed by atoms with Crippen LogP contribution < -0.4 is 10.6 Å². The molecule has 0 atom stereocenters. The lowest BCUT2D eigenvalue weighted by atomic mass is 10.3. The smallest absolute Gasteiger partial charge is 0.232 e. The van der Waals surface area contributed by atoms with Crippen LogP contribution in [-0.2, 0) is 0 Å².